The number of nitrogens with one attached hydrogen (secondary N) is 1. The van der Waals surface area contributed by atoms with E-state index in [-0.39, 0.29) is 18.7 Å². The van der Waals surface area contributed by atoms with E-state index >= 15 is 0 Å². The standard InChI is InChI=1S/C20H24N2O4/c1-14(22(2)12-16-6-4-5-7-17(16)24-3)20(23)21-11-15-8-9-18-19(10-15)26-13-25-18/h4-10,14H,11-13H2,1-3H3,(H,21,23)/t14-/m0/s1. The first-order valence-corrected chi connectivity index (χ1v) is 8.57. The van der Waals surface area contributed by atoms with Gasteiger partial charge in [-0.15, -0.1) is 0 Å². The Labute approximate surface area is 153 Å². The van der Waals surface area contributed by atoms with Crippen molar-refractivity contribution in [3.63, 3.8) is 0 Å². The summed E-state index contributed by atoms with van der Waals surface area (Å²) in [6.45, 7) is 3.21. The Morgan fingerprint density at radius 1 is 1.23 bits per heavy atom. The van der Waals surface area contributed by atoms with Crippen LogP contribution in [0.15, 0.2) is 42.5 Å². The minimum Gasteiger partial charge on any atom is -0.496 e. The number of likely N-dealkylation sites (N-methyl/N-ethyl adjacent to an activating group) is 1. The lowest BCUT2D eigenvalue weighted by atomic mass is 10.1. The Kier molecular flexibility index (Phi) is 5.63. The number of carbonyl (C=O) groups excluding carboxylic acids is 1. The average Bonchev–Trinajstić information content (AvgIpc) is 3.13. The number of benzene rings is 2. The second-order valence-corrected chi connectivity index (χ2v) is 6.31. The fourth-order valence-electron chi connectivity index (χ4n) is 2.83. The summed E-state index contributed by atoms with van der Waals surface area (Å²) in [6.07, 6.45) is 0. The molecular weight excluding hydrogens is 332 g/mol. The molecule has 0 spiro atoms. The van der Waals surface area contributed by atoms with Crippen LogP contribution < -0.4 is 19.5 Å². The largest absolute Gasteiger partial charge is 0.496 e. The summed E-state index contributed by atoms with van der Waals surface area (Å²) in [5.41, 5.74) is 2.02. The van der Waals surface area contributed by atoms with Crippen molar-refractivity contribution in [1.82, 2.24) is 10.2 Å². The highest BCUT2D eigenvalue weighted by Crippen LogP contribution is 2.32. The molecule has 1 amide bonds. The Bertz CT molecular complexity index is 778. The maximum absolute atomic E-state index is 12.5. The highest BCUT2D eigenvalue weighted by molar-refractivity contribution is 5.81. The van der Waals surface area contributed by atoms with Gasteiger partial charge < -0.3 is 19.5 Å². The lowest BCUT2D eigenvalue weighted by Crippen LogP contribution is -2.42. The molecule has 0 saturated heterocycles. The van der Waals surface area contributed by atoms with Gasteiger partial charge in [-0.1, -0.05) is 24.3 Å². The van der Waals surface area contributed by atoms with Crippen LogP contribution in [0.25, 0.3) is 0 Å². The molecule has 1 aliphatic rings. The van der Waals surface area contributed by atoms with E-state index in [1.165, 1.54) is 0 Å². The molecule has 0 radical (unpaired) electrons. The van der Waals surface area contributed by atoms with E-state index in [4.69, 9.17) is 14.2 Å². The maximum atomic E-state index is 12.5. The lowest BCUT2D eigenvalue weighted by Gasteiger charge is -2.24. The number of hydrogen-bond acceptors (Lipinski definition) is 5. The topological polar surface area (TPSA) is 60.0 Å². The van der Waals surface area contributed by atoms with Crippen molar-refractivity contribution in [3.8, 4) is 17.2 Å². The zero-order valence-corrected chi connectivity index (χ0v) is 15.3. The van der Waals surface area contributed by atoms with Gasteiger partial charge in [0.2, 0.25) is 12.7 Å². The molecule has 1 N–H and O–H groups in total. The molecule has 2 aromatic carbocycles. The first kappa shape index (κ1) is 18.1. The van der Waals surface area contributed by atoms with E-state index in [2.05, 4.69) is 5.32 Å². The van der Waals surface area contributed by atoms with Gasteiger partial charge in [0.05, 0.1) is 13.2 Å². The molecule has 0 aromatic heterocycles. The van der Waals surface area contributed by atoms with Gasteiger partial charge in [0.15, 0.2) is 11.5 Å². The number of methoxy groups -OCH3 is 1. The van der Waals surface area contributed by atoms with Crippen molar-refractivity contribution in [3.05, 3.63) is 53.6 Å². The van der Waals surface area contributed by atoms with Crippen LogP contribution in [0, 0.1) is 0 Å². The van der Waals surface area contributed by atoms with Gasteiger partial charge in [0.1, 0.15) is 5.75 Å². The van der Waals surface area contributed by atoms with Gasteiger partial charge >= 0.3 is 0 Å². The fraction of sp³-hybridized carbons (Fsp3) is 0.350. The third kappa shape index (κ3) is 4.08. The lowest BCUT2D eigenvalue weighted by molar-refractivity contribution is -0.125. The average molecular weight is 356 g/mol. The molecule has 1 aliphatic heterocycles. The predicted octanol–water partition coefficient (Wildman–Crippen LogP) is 2.56. The van der Waals surface area contributed by atoms with Crippen molar-refractivity contribution in [2.45, 2.75) is 26.1 Å². The predicted molar refractivity (Wildman–Crippen MR) is 98.3 cm³/mol. The Morgan fingerprint density at radius 2 is 2.00 bits per heavy atom. The van der Waals surface area contributed by atoms with Gasteiger partial charge in [0.25, 0.3) is 0 Å². The van der Waals surface area contributed by atoms with Crippen molar-refractivity contribution in [1.29, 1.82) is 0 Å². The quantitative estimate of drug-likeness (QED) is 0.826. The van der Waals surface area contributed by atoms with Crippen molar-refractivity contribution >= 4 is 5.91 Å². The zero-order valence-electron chi connectivity index (χ0n) is 15.3. The van der Waals surface area contributed by atoms with Crippen molar-refractivity contribution in [2.75, 3.05) is 21.0 Å². The van der Waals surface area contributed by atoms with Gasteiger partial charge in [-0.05, 0) is 37.7 Å². The smallest absolute Gasteiger partial charge is 0.237 e. The summed E-state index contributed by atoms with van der Waals surface area (Å²) in [6, 6.07) is 13.2. The molecule has 26 heavy (non-hydrogen) atoms. The van der Waals surface area contributed by atoms with Crippen LogP contribution in [-0.2, 0) is 17.9 Å². The van der Waals surface area contributed by atoms with Gasteiger partial charge in [-0.25, -0.2) is 0 Å². The van der Waals surface area contributed by atoms with E-state index in [1.807, 2.05) is 61.3 Å². The van der Waals surface area contributed by atoms with E-state index in [9.17, 15) is 4.79 Å². The molecule has 1 atom stereocenters. The second kappa shape index (κ2) is 8.10. The number of nitrogens with zero attached hydrogens (tertiary/aromatic N) is 1. The first-order valence-electron chi connectivity index (χ1n) is 8.57. The molecule has 0 fully saturated rings. The summed E-state index contributed by atoms with van der Waals surface area (Å²) < 4.78 is 16.0. The van der Waals surface area contributed by atoms with Crippen LogP contribution in [0.4, 0.5) is 0 Å². The summed E-state index contributed by atoms with van der Waals surface area (Å²) in [5.74, 6) is 2.26. The molecule has 138 valence electrons. The molecule has 0 aliphatic carbocycles. The molecule has 0 unspecified atom stereocenters. The third-order valence-electron chi connectivity index (χ3n) is 4.56. The van der Waals surface area contributed by atoms with Crippen molar-refractivity contribution < 1.29 is 19.0 Å². The van der Waals surface area contributed by atoms with Crippen molar-refractivity contribution in [2.24, 2.45) is 0 Å². The van der Waals surface area contributed by atoms with E-state index in [0.717, 1.165) is 28.4 Å². The van der Waals surface area contributed by atoms with Crippen LogP contribution >= 0.6 is 0 Å². The van der Waals surface area contributed by atoms with Crippen LogP contribution in [0.2, 0.25) is 0 Å². The fourth-order valence-corrected chi connectivity index (χ4v) is 2.83. The summed E-state index contributed by atoms with van der Waals surface area (Å²) in [7, 11) is 3.58. The Morgan fingerprint density at radius 3 is 2.81 bits per heavy atom. The zero-order chi connectivity index (χ0) is 18.5. The monoisotopic (exact) mass is 356 g/mol. The number of rotatable bonds is 7. The van der Waals surface area contributed by atoms with E-state index < -0.39 is 0 Å². The first-order chi connectivity index (χ1) is 12.6. The Hall–Kier alpha value is -2.73. The minimum absolute atomic E-state index is 0.0277. The second-order valence-electron chi connectivity index (χ2n) is 6.31. The Balaban J connectivity index is 1.55. The van der Waals surface area contributed by atoms with Crippen LogP contribution in [0.3, 0.4) is 0 Å². The molecule has 1 heterocycles. The maximum Gasteiger partial charge on any atom is 0.237 e. The van der Waals surface area contributed by atoms with Gasteiger partial charge in [-0.2, -0.15) is 0 Å². The number of para-hydroxylation sites is 1. The highest BCUT2D eigenvalue weighted by atomic mass is 16.7. The van der Waals surface area contributed by atoms with Gasteiger partial charge in [0, 0.05) is 18.7 Å². The normalized spacial score (nSPS) is 13.5. The highest BCUT2D eigenvalue weighted by Gasteiger charge is 2.19. The molecule has 3 rings (SSSR count). The van der Waals surface area contributed by atoms with Crippen LogP contribution in [-0.4, -0.2) is 37.8 Å². The summed E-state index contributed by atoms with van der Waals surface area (Å²) in [4.78, 5) is 14.5. The number of amides is 1. The third-order valence-corrected chi connectivity index (χ3v) is 4.56. The molecule has 0 saturated carbocycles. The molecule has 6 heteroatoms. The molecule has 6 nitrogen and oxygen atoms in total. The number of hydrogen-bond donors (Lipinski definition) is 1. The molecular formula is C20H24N2O4. The number of fused-ring (bicyclic) bond motifs is 1. The van der Waals surface area contributed by atoms with E-state index in [1.54, 1.807) is 7.11 Å². The van der Waals surface area contributed by atoms with Gasteiger partial charge in [-0.3, -0.25) is 9.69 Å². The molecule has 0 bridgehead atoms. The molecule has 2 aromatic rings. The number of carbonyl (C=O) groups is 1. The SMILES string of the molecule is COc1ccccc1CN(C)[C@@H](C)C(=O)NCc1ccc2c(c1)OCO2. The summed E-state index contributed by atoms with van der Waals surface area (Å²) in [5, 5.41) is 2.98. The van der Waals surface area contributed by atoms with Crippen LogP contribution in [0.5, 0.6) is 17.2 Å². The van der Waals surface area contributed by atoms with E-state index in [0.29, 0.717) is 13.1 Å². The van der Waals surface area contributed by atoms with Crippen LogP contribution in [0.1, 0.15) is 18.1 Å². The summed E-state index contributed by atoms with van der Waals surface area (Å²) >= 11 is 0. The minimum atomic E-state index is -0.270. The number of ether oxygens (including phenoxy) is 3.